The molecule has 5 heteroatoms. The van der Waals surface area contributed by atoms with Crippen molar-refractivity contribution in [3.8, 4) is 11.5 Å². The fourth-order valence-electron chi connectivity index (χ4n) is 3.29. The van der Waals surface area contributed by atoms with E-state index < -0.39 is 0 Å². The van der Waals surface area contributed by atoms with Gasteiger partial charge in [0.25, 0.3) is 0 Å². The van der Waals surface area contributed by atoms with Gasteiger partial charge in [-0.1, -0.05) is 18.2 Å². The molecule has 138 valence electrons. The van der Waals surface area contributed by atoms with Gasteiger partial charge in [-0.25, -0.2) is 0 Å². The zero-order chi connectivity index (χ0) is 18.8. The van der Waals surface area contributed by atoms with E-state index >= 15 is 0 Å². The van der Waals surface area contributed by atoms with Crippen molar-refractivity contribution in [2.45, 2.75) is 27.2 Å². The Morgan fingerprint density at radius 2 is 1.70 bits per heavy atom. The van der Waals surface area contributed by atoms with Crippen molar-refractivity contribution in [2.24, 2.45) is 10.2 Å². The first-order chi connectivity index (χ1) is 13.2. The molecule has 0 spiro atoms. The minimum Gasteiger partial charge on any atom is -0.490 e. The second kappa shape index (κ2) is 7.53. The molecule has 1 aliphatic rings. The Bertz CT molecular complexity index is 1020. The molecule has 27 heavy (non-hydrogen) atoms. The maximum Gasteiger partial charge on any atom is 0.161 e. The van der Waals surface area contributed by atoms with Crippen LogP contribution in [-0.2, 0) is 6.42 Å². The summed E-state index contributed by atoms with van der Waals surface area (Å²) in [6, 6.07) is 14.7. The Balaban J connectivity index is 1.89. The van der Waals surface area contributed by atoms with Crippen molar-refractivity contribution in [3.63, 3.8) is 0 Å². The predicted molar refractivity (Wildman–Crippen MR) is 113 cm³/mol. The SMILES string of the molecule is CCOc1cc2c(cc1OCC)C(c1cc3ccccc3s1)=NN=C(C)C2. The number of hydrogen-bond acceptors (Lipinski definition) is 5. The van der Waals surface area contributed by atoms with Gasteiger partial charge >= 0.3 is 0 Å². The fraction of sp³-hybridized carbons (Fsp3) is 0.273. The first-order valence-corrected chi connectivity index (χ1v) is 10.0. The quantitative estimate of drug-likeness (QED) is 0.591. The molecular formula is C22H22N2O2S. The van der Waals surface area contributed by atoms with E-state index in [0.29, 0.717) is 13.2 Å². The molecule has 3 aromatic rings. The number of ether oxygens (including phenoxy) is 2. The van der Waals surface area contributed by atoms with Crippen molar-refractivity contribution in [3.05, 3.63) is 58.5 Å². The third-order valence-electron chi connectivity index (χ3n) is 4.45. The Kier molecular flexibility index (Phi) is 4.94. The van der Waals surface area contributed by atoms with Crippen LogP contribution in [-0.4, -0.2) is 24.6 Å². The lowest BCUT2D eigenvalue weighted by atomic mass is 9.97. The van der Waals surface area contributed by atoms with Crippen LogP contribution in [0.5, 0.6) is 11.5 Å². The smallest absolute Gasteiger partial charge is 0.161 e. The first kappa shape index (κ1) is 17.7. The molecule has 2 heterocycles. The number of benzene rings is 2. The topological polar surface area (TPSA) is 43.2 Å². The first-order valence-electron chi connectivity index (χ1n) is 9.22. The summed E-state index contributed by atoms with van der Waals surface area (Å²) >= 11 is 1.74. The van der Waals surface area contributed by atoms with Crippen LogP contribution in [0.15, 0.2) is 52.7 Å². The van der Waals surface area contributed by atoms with Crippen LogP contribution in [0.1, 0.15) is 36.8 Å². The van der Waals surface area contributed by atoms with Crippen LogP contribution in [0.4, 0.5) is 0 Å². The largest absolute Gasteiger partial charge is 0.490 e. The fourth-order valence-corrected chi connectivity index (χ4v) is 4.35. The average molecular weight is 378 g/mol. The van der Waals surface area contributed by atoms with E-state index in [9.17, 15) is 0 Å². The highest BCUT2D eigenvalue weighted by molar-refractivity contribution is 7.21. The number of fused-ring (bicyclic) bond motifs is 2. The number of hydrogen-bond donors (Lipinski definition) is 0. The lowest BCUT2D eigenvalue weighted by Gasteiger charge is -2.16. The van der Waals surface area contributed by atoms with E-state index in [1.807, 2.05) is 20.8 Å². The molecule has 0 saturated carbocycles. The molecule has 0 fully saturated rings. The van der Waals surface area contributed by atoms with Gasteiger partial charge in [0.1, 0.15) is 5.71 Å². The molecule has 0 unspecified atom stereocenters. The summed E-state index contributed by atoms with van der Waals surface area (Å²) in [7, 11) is 0. The summed E-state index contributed by atoms with van der Waals surface area (Å²) in [5, 5.41) is 10.3. The number of rotatable bonds is 5. The van der Waals surface area contributed by atoms with Crippen LogP contribution < -0.4 is 9.47 Å². The summed E-state index contributed by atoms with van der Waals surface area (Å²) in [6.07, 6.45) is 0.750. The van der Waals surface area contributed by atoms with Gasteiger partial charge in [-0.2, -0.15) is 5.10 Å². The highest BCUT2D eigenvalue weighted by atomic mass is 32.1. The van der Waals surface area contributed by atoms with Crippen molar-refractivity contribution in [1.29, 1.82) is 0 Å². The number of thiophene rings is 1. The molecule has 0 aliphatic carbocycles. The van der Waals surface area contributed by atoms with Crippen LogP contribution in [0.25, 0.3) is 10.1 Å². The van der Waals surface area contributed by atoms with Crippen molar-refractivity contribution < 1.29 is 9.47 Å². The highest BCUT2D eigenvalue weighted by Gasteiger charge is 2.21. The monoisotopic (exact) mass is 378 g/mol. The Morgan fingerprint density at radius 1 is 0.963 bits per heavy atom. The van der Waals surface area contributed by atoms with Gasteiger partial charge in [0.15, 0.2) is 11.5 Å². The van der Waals surface area contributed by atoms with E-state index in [-0.39, 0.29) is 0 Å². The number of nitrogens with zero attached hydrogens (tertiary/aromatic N) is 2. The molecule has 4 nitrogen and oxygen atoms in total. The maximum absolute atomic E-state index is 5.85. The molecule has 0 saturated heterocycles. The molecule has 0 atom stereocenters. The lowest BCUT2D eigenvalue weighted by Crippen LogP contribution is -2.08. The normalized spacial score (nSPS) is 13.6. The maximum atomic E-state index is 5.85. The molecule has 0 bridgehead atoms. The van der Waals surface area contributed by atoms with Gasteiger partial charge in [0.05, 0.1) is 18.1 Å². The van der Waals surface area contributed by atoms with Gasteiger partial charge < -0.3 is 9.47 Å². The zero-order valence-electron chi connectivity index (χ0n) is 15.8. The minimum atomic E-state index is 0.587. The zero-order valence-corrected chi connectivity index (χ0v) is 16.6. The lowest BCUT2D eigenvalue weighted by molar-refractivity contribution is 0.287. The van der Waals surface area contributed by atoms with E-state index in [1.165, 1.54) is 10.1 Å². The van der Waals surface area contributed by atoms with Crippen LogP contribution >= 0.6 is 11.3 Å². The van der Waals surface area contributed by atoms with Gasteiger partial charge in [-0.15, -0.1) is 16.4 Å². The van der Waals surface area contributed by atoms with Crippen molar-refractivity contribution in [1.82, 2.24) is 0 Å². The second-order valence-electron chi connectivity index (χ2n) is 6.43. The standard InChI is InChI=1S/C22H22N2O2S/c1-4-25-18-11-16-10-14(3)23-24-22(17(16)13-19(18)26-5-2)21-12-15-8-6-7-9-20(15)27-21/h6-9,11-13H,4-5,10H2,1-3H3. The summed E-state index contributed by atoms with van der Waals surface area (Å²) in [4.78, 5) is 1.11. The molecule has 0 N–H and O–H groups in total. The average Bonchev–Trinajstić information content (AvgIpc) is 3.01. The summed E-state index contributed by atoms with van der Waals surface area (Å²) < 4.78 is 12.9. The minimum absolute atomic E-state index is 0.587. The van der Waals surface area contributed by atoms with Gasteiger partial charge in [0.2, 0.25) is 0 Å². The Morgan fingerprint density at radius 3 is 2.44 bits per heavy atom. The van der Waals surface area contributed by atoms with Crippen LogP contribution in [0.2, 0.25) is 0 Å². The second-order valence-corrected chi connectivity index (χ2v) is 7.52. The molecular weight excluding hydrogens is 356 g/mol. The summed E-state index contributed by atoms with van der Waals surface area (Å²) in [5.74, 6) is 1.54. The van der Waals surface area contributed by atoms with Gasteiger partial charge in [-0.3, -0.25) is 0 Å². The molecule has 1 aliphatic heterocycles. The van der Waals surface area contributed by atoms with E-state index in [4.69, 9.17) is 9.47 Å². The molecule has 1 aromatic heterocycles. The van der Waals surface area contributed by atoms with Crippen LogP contribution in [0, 0.1) is 0 Å². The van der Waals surface area contributed by atoms with Gasteiger partial charge in [0, 0.05) is 22.4 Å². The summed E-state index contributed by atoms with van der Waals surface area (Å²) in [6.45, 7) is 7.17. The highest BCUT2D eigenvalue weighted by Crippen LogP contribution is 2.36. The third-order valence-corrected chi connectivity index (χ3v) is 5.57. The third kappa shape index (κ3) is 3.47. The molecule has 4 rings (SSSR count). The van der Waals surface area contributed by atoms with E-state index in [1.54, 1.807) is 11.3 Å². The Labute approximate surface area is 163 Å². The summed E-state index contributed by atoms with van der Waals surface area (Å²) in [5.41, 5.74) is 4.11. The van der Waals surface area contributed by atoms with E-state index in [2.05, 4.69) is 52.7 Å². The Hall–Kier alpha value is -2.66. The van der Waals surface area contributed by atoms with Gasteiger partial charge in [-0.05, 0) is 56.0 Å². The predicted octanol–water partition coefficient (Wildman–Crippen LogP) is 5.47. The van der Waals surface area contributed by atoms with Crippen LogP contribution in [0.3, 0.4) is 0 Å². The molecule has 2 aromatic carbocycles. The van der Waals surface area contributed by atoms with Crippen molar-refractivity contribution in [2.75, 3.05) is 13.2 Å². The van der Waals surface area contributed by atoms with E-state index in [0.717, 1.165) is 45.3 Å². The molecule has 0 amide bonds. The molecule has 0 radical (unpaired) electrons. The van der Waals surface area contributed by atoms with Crippen molar-refractivity contribution >= 4 is 32.8 Å².